The van der Waals surface area contributed by atoms with Crippen LogP contribution in [0.4, 0.5) is 0 Å². The minimum absolute atomic E-state index is 0.0511. The topological polar surface area (TPSA) is 59.8 Å². The number of rotatable bonds is 6. The molecule has 0 unspecified atom stereocenters. The van der Waals surface area contributed by atoms with Crippen LogP contribution in [0.1, 0.15) is 24.8 Å². The molecule has 1 N–H and O–H groups in total. The van der Waals surface area contributed by atoms with Crippen molar-refractivity contribution in [2.75, 3.05) is 12.3 Å². The maximum atomic E-state index is 12.1. The van der Waals surface area contributed by atoms with Gasteiger partial charge in [0.25, 0.3) is 0 Å². The van der Waals surface area contributed by atoms with Crippen LogP contribution >= 0.6 is 11.8 Å². The van der Waals surface area contributed by atoms with Crippen molar-refractivity contribution in [2.24, 2.45) is 7.05 Å². The monoisotopic (exact) mass is 316 g/mol. The number of thioether (sulfide) groups is 1. The van der Waals surface area contributed by atoms with Crippen molar-refractivity contribution >= 4 is 17.7 Å². The molecule has 0 saturated heterocycles. The average molecular weight is 316 g/mol. The standard InChI is InChI=1S/C16H20N4OS/c1-20-12-18-19-15(20)22-10-14(21)17-11-16(8-5-9-16)13-6-3-2-4-7-13/h2-4,6-7,12H,5,8-11H2,1H3,(H,17,21). The molecule has 1 aromatic heterocycles. The summed E-state index contributed by atoms with van der Waals surface area (Å²) in [7, 11) is 1.87. The van der Waals surface area contributed by atoms with Gasteiger partial charge in [-0.15, -0.1) is 10.2 Å². The number of carbonyl (C=O) groups excluding carboxylic acids is 1. The lowest BCUT2D eigenvalue weighted by Gasteiger charge is -2.42. The molecule has 3 rings (SSSR count). The van der Waals surface area contributed by atoms with Crippen LogP contribution in [0.3, 0.4) is 0 Å². The maximum Gasteiger partial charge on any atom is 0.230 e. The summed E-state index contributed by atoms with van der Waals surface area (Å²) in [5.41, 5.74) is 1.47. The first-order valence-corrected chi connectivity index (χ1v) is 8.47. The van der Waals surface area contributed by atoms with E-state index in [0.29, 0.717) is 5.75 Å². The first-order valence-electron chi connectivity index (χ1n) is 7.49. The van der Waals surface area contributed by atoms with E-state index in [9.17, 15) is 4.79 Å². The number of amides is 1. The highest BCUT2D eigenvalue weighted by molar-refractivity contribution is 7.99. The van der Waals surface area contributed by atoms with Gasteiger partial charge in [0.2, 0.25) is 5.91 Å². The van der Waals surface area contributed by atoms with Crippen molar-refractivity contribution in [3.05, 3.63) is 42.2 Å². The fourth-order valence-electron chi connectivity index (χ4n) is 2.81. The molecule has 1 heterocycles. The molecule has 1 amide bonds. The summed E-state index contributed by atoms with van der Waals surface area (Å²) in [6.07, 6.45) is 5.17. The zero-order valence-electron chi connectivity index (χ0n) is 12.7. The second-order valence-corrected chi connectivity index (χ2v) is 6.73. The lowest BCUT2D eigenvalue weighted by molar-refractivity contribution is -0.119. The summed E-state index contributed by atoms with van der Waals surface area (Å²) in [4.78, 5) is 12.1. The number of aromatic nitrogens is 3. The van der Waals surface area contributed by atoms with Crippen molar-refractivity contribution in [1.82, 2.24) is 20.1 Å². The number of aryl methyl sites for hydroxylation is 1. The van der Waals surface area contributed by atoms with Crippen molar-refractivity contribution in [3.8, 4) is 0 Å². The summed E-state index contributed by atoms with van der Waals surface area (Å²) in [5, 5.41) is 11.6. The third-order valence-corrected chi connectivity index (χ3v) is 5.36. The third kappa shape index (κ3) is 3.16. The van der Waals surface area contributed by atoms with Crippen LogP contribution in [0.25, 0.3) is 0 Å². The summed E-state index contributed by atoms with van der Waals surface area (Å²) in [6.45, 7) is 0.717. The molecule has 116 valence electrons. The van der Waals surface area contributed by atoms with Gasteiger partial charge in [0.15, 0.2) is 5.16 Å². The van der Waals surface area contributed by atoms with E-state index in [0.717, 1.165) is 24.5 Å². The molecule has 1 saturated carbocycles. The molecule has 2 aromatic rings. The van der Waals surface area contributed by atoms with Gasteiger partial charge >= 0.3 is 0 Å². The van der Waals surface area contributed by atoms with E-state index in [1.807, 2.05) is 17.7 Å². The SMILES string of the molecule is Cn1cnnc1SCC(=O)NCC1(c2ccccc2)CCC1. The molecule has 1 aromatic carbocycles. The van der Waals surface area contributed by atoms with E-state index in [4.69, 9.17) is 0 Å². The van der Waals surface area contributed by atoms with Crippen LogP contribution in [0.5, 0.6) is 0 Å². The third-order valence-electron chi connectivity index (χ3n) is 4.32. The van der Waals surface area contributed by atoms with Crippen molar-refractivity contribution in [2.45, 2.75) is 29.8 Å². The van der Waals surface area contributed by atoms with Gasteiger partial charge in [-0.2, -0.15) is 0 Å². The lowest BCUT2D eigenvalue weighted by Crippen LogP contribution is -2.46. The van der Waals surface area contributed by atoms with Gasteiger partial charge in [-0.25, -0.2) is 0 Å². The number of hydrogen-bond acceptors (Lipinski definition) is 4. The average Bonchev–Trinajstić information content (AvgIpc) is 2.90. The van der Waals surface area contributed by atoms with Gasteiger partial charge in [-0.1, -0.05) is 48.5 Å². The number of carbonyl (C=O) groups is 1. The van der Waals surface area contributed by atoms with Crippen LogP contribution < -0.4 is 5.32 Å². The Morgan fingerprint density at radius 2 is 2.14 bits per heavy atom. The Morgan fingerprint density at radius 3 is 2.73 bits per heavy atom. The van der Waals surface area contributed by atoms with E-state index in [1.54, 1.807) is 6.33 Å². The van der Waals surface area contributed by atoms with Gasteiger partial charge in [0.1, 0.15) is 6.33 Å². The van der Waals surface area contributed by atoms with Crippen molar-refractivity contribution in [1.29, 1.82) is 0 Å². The van der Waals surface area contributed by atoms with E-state index in [-0.39, 0.29) is 11.3 Å². The second-order valence-electron chi connectivity index (χ2n) is 5.79. The molecule has 0 aliphatic heterocycles. The number of nitrogens with one attached hydrogen (secondary N) is 1. The smallest absolute Gasteiger partial charge is 0.230 e. The molecular weight excluding hydrogens is 296 g/mol. The van der Waals surface area contributed by atoms with Crippen LogP contribution in [-0.4, -0.2) is 33.0 Å². The number of hydrogen-bond donors (Lipinski definition) is 1. The fraction of sp³-hybridized carbons (Fsp3) is 0.438. The van der Waals surface area contributed by atoms with Crippen molar-refractivity contribution in [3.63, 3.8) is 0 Å². The lowest BCUT2D eigenvalue weighted by atomic mass is 9.64. The summed E-state index contributed by atoms with van der Waals surface area (Å²) in [6, 6.07) is 10.5. The molecule has 1 fully saturated rings. The highest BCUT2D eigenvalue weighted by Gasteiger charge is 2.38. The van der Waals surface area contributed by atoms with Crippen molar-refractivity contribution < 1.29 is 4.79 Å². The number of benzene rings is 1. The minimum Gasteiger partial charge on any atom is -0.354 e. The summed E-state index contributed by atoms with van der Waals surface area (Å²) in [5.74, 6) is 0.424. The van der Waals surface area contributed by atoms with Crippen LogP contribution in [0.15, 0.2) is 41.8 Å². The predicted molar refractivity (Wildman–Crippen MR) is 86.7 cm³/mol. The molecule has 5 nitrogen and oxygen atoms in total. The molecule has 0 atom stereocenters. The molecular formula is C16H20N4OS. The van der Waals surface area contributed by atoms with Gasteiger partial charge in [0.05, 0.1) is 5.75 Å². The Bertz CT molecular complexity index is 637. The first-order chi connectivity index (χ1) is 10.7. The molecule has 0 radical (unpaired) electrons. The van der Waals surface area contributed by atoms with E-state index < -0.39 is 0 Å². The van der Waals surface area contributed by atoms with E-state index >= 15 is 0 Å². The van der Waals surface area contributed by atoms with Gasteiger partial charge in [-0.05, 0) is 18.4 Å². The van der Waals surface area contributed by atoms with Gasteiger partial charge < -0.3 is 9.88 Å². The van der Waals surface area contributed by atoms with E-state index in [1.165, 1.54) is 23.7 Å². The zero-order chi connectivity index (χ0) is 15.4. The highest BCUT2D eigenvalue weighted by atomic mass is 32.2. The summed E-state index contributed by atoms with van der Waals surface area (Å²) >= 11 is 1.41. The quantitative estimate of drug-likeness (QED) is 0.830. The zero-order valence-corrected chi connectivity index (χ0v) is 13.5. The van der Waals surface area contributed by atoms with E-state index in [2.05, 4.69) is 39.8 Å². The first kappa shape index (κ1) is 15.1. The number of nitrogens with zero attached hydrogens (tertiary/aromatic N) is 3. The fourth-order valence-corrected chi connectivity index (χ4v) is 3.53. The van der Waals surface area contributed by atoms with Crippen LogP contribution in [-0.2, 0) is 17.3 Å². The Hall–Kier alpha value is -1.82. The van der Waals surface area contributed by atoms with Crippen LogP contribution in [0, 0.1) is 0 Å². The molecule has 0 bridgehead atoms. The molecule has 1 aliphatic rings. The van der Waals surface area contributed by atoms with Gasteiger partial charge in [0, 0.05) is 19.0 Å². The Labute approximate surface area is 134 Å². The maximum absolute atomic E-state index is 12.1. The van der Waals surface area contributed by atoms with Crippen LogP contribution in [0.2, 0.25) is 0 Å². The Morgan fingerprint density at radius 1 is 1.36 bits per heavy atom. The Balaban J connectivity index is 1.53. The van der Waals surface area contributed by atoms with Gasteiger partial charge in [-0.3, -0.25) is 4.79 Å². The molecule has 22 heavy (non-hydrogen) atoms. The summed E-state index contributed by atoms with van der Waals surface area (Å²) < 4.78 is 1.81. The Kier molecular flexibility index (Phi) is 4.47. The highest BCUT2D eigenvalue weighted by Crippen LogP contribution is 2.43. The predicted octanol–water partition coefficient (Wildman–Crippen LogP) is 2.15. The molecule has 6 heteroatoms. The largest absolute Gasteiger partial charge is 0.354 e. The molecule has 0 spiro atoms. The minimum atomic E-state index is 0.0511. The second kappa shape index (κ2) is 6.52. The molecule has 1 aliphatic carbocycles. The normalized spacial score (nSPS) is 16.0.